The SMILES string of the molecule is CC(=N)C(C#N)C(=O)COC(=O)C1(c2ccc(Cl)cc2)CCC1. The van der Waals surface area contributed by atoms with E-state index in [4.69, 9.17) is 27.0 Å². The lowest BCUT2D eigenvalue weighted by atomic mass is 9.64. The van der Waals surface area contributed by atoms with Crippen LogP contribution in [0.2, 0.25) is 5.02 Å². The number of carbonyl (C=O) groups excluding carboxylic acids is 2. The maximum Gasteiger partial charge on any atom is 0.316 e. The molecule has 0 aliphatic heterocycles. The van der Waals surface area contributed by atoms with Crippen LogP contribution in [0.3, 0.4) is 0 Å². The van der Waals surface area contributed by atoms with Crippen molar-refractivity contribution in [3.8, 4) is 6.07 Å². The third-order valence-corrected chi connectivity index (χ3v) is 4.48. The number of nitriles is 1. The molecule has 1 atom stereocenters. The Hall–Kier alpha value is -2.19. The van der Waals surface area contributed by atoms with Crippen LogP contribution in [0.15, 0.2) is 24.3 Å². The molecular weight excluding hydrogens is 316 g/mol. The van der Waals surface area contributed by atoms with Crippen LogP contribution in [0.4, 0.5) is 0 Å². The minimum atomic E-state index is -1.16. The lowest BCUT2D eigenvalue weighted by molar-refractivity contribution is -0.157. The third-order valence-electron chi connectivity index (χ3n) is 4.22. The fraction of sp³-hybridized carbons (Fsp3) is 0.412. The second kappa shape index (κ2) is 6.93. The number of hydrogen-bond donors (Lipinski definition) is 1. The summed E-state index contributed by atoms with van der Waals surface area (Å²) in [5, 5.41) is 16.9. The summed E-state index contributed by atoms with van der Waals surface area (Å²) in [6, 6.07) is 8.79. The highest BCUT2D eigenvalue weighted by Crippen LogP contribution is 2.45. The second-order valence-corrected chi connectivity index (χ2v) is 6.17. The van der Waals surface area contributed by atoms with Gasteiger partial charge in [0, 0.05) is 10.7 Å². The first-order valence-corrected chi connectivity index (χ1v) is 7.69. The van der Waals surface area contributed by atoms with Gasteiger partial charge in [-0.2, -0.15) is 5.26 Å². The molecule has 0 saturated heterocycles. The van der Waals surface area contributed by atoms with Gasteiger partial charge in [0.25, 0.3) is 0 Å². The Kier molecular flexibility index (Phi) is 5.17. The van der Waals surface area contributed by atoms with E-state index in [0.29, 0.717) is 17.9 Å². The molecule has 0 aromatic heterocycles. The molecule has 120 valence electrons. The zero-order chi connectivity index (χ0) is 17.0. The third kappa shape index (κ3) is 3.43. The quantitative estimate of drug-likeness (QED) is 0.640. The number of Topliss-reactive ketones (excluding diaryl/α,β-unsaturated/α-hetero) is 1. The number of rotatable bonds is 6. The van der Waals surface area contributed by atoms with Gasteiger partial charge in [0.05, 0.1) is 11.5 Å². The van der Waals surface area contributed by atoms with Crippen molar-refractivity contribution in [1.29, 1.82) is 10.7 Å². The van der Waals surface area contributed by atoms with Crippen molar-refractivity contribution >= 4 is 29.1 Å². The summed E-state index contributed by atoms with van der Waals surface area (Å²) in [4.78, 5) is 24.4. The van der Waals surface area contributed by atoms with E-state index >= 15 is 0 Å². The molecule has 23 heavy (non-hydrogen) atoms. The summed E-state index contributed by atoms with van der Waals surface area (Å²) in [6.45, 7) is 0.900. The van der Waals surface area contributed by atoms with E-state index in [2.05, 4.69) is 0 Å². The Morgan fingerprint density at radius 2 is 2.00 bits per heavy atom. The lowest BCUT2D eigenvalue weighted by Crippen LogP contribution is -2.44. The van der Waals surface area contributed by atoms with Crippen molar-refractivity contribution in [1.82, 2.24) is 0 Å². The number of ether oxygens (including phenoxy) is 1. The Labute approximate surface area is 139 Å². The van der Waals surface area contributed by atoms with E-state index in [0.717, 1.165) is 12.0 Å². The van der Waals surface area contributed by atoms with Gasteiger partial charge in [-0.15, -0.1) is 0 Å². The van der Waals surface area contributed by atoms with Crippen LogP contribution in [-0.4, -0.2) is 24.1 Å². The molecule has 1 fully saturated rings. The van der Waals surface area contributed by atoms with Gasteiger partial charge >= 0.3 is 5.97 Å². The van der Waals surface area contributed by atoms with Gasteiger partial charge in [0.1, 0.15) is 5.92 Å². The molecule has 1 aliphatic rings. The monoisotopic (exact) mass is 332 g/mol. The van der Waals surface area contributed by atoms with E-state index in [1.807, 2.05) is 0 Å². The number of benzene rings is 1. The average Bonchev–Trinajstić information content (AvgIpc) is 2.46. The number of hydrogen-bond acceptors (Lipinski definition) is 5. The molecule has 1 aromatic carbocycles. The number of nitrogens with zero attached hydrogens (tertiary/aromatic N) is 1. The number of esters is 1. The summed E-state index contributed by atoms with van der Waals surface area (Å²) in [5.74, 6) is -2.19. The first-order valence-electron chi connectivity index (χ1n) is 7.31. The van der Waals surface area contributed by atoms with Gasteiger partial charge < -0.3 is 10.1 Å². The molecule has 2 rings (SSSR count). The van der Waals surface area contributed by atoms with Crippen molar-refractivity contribution in [2.75, 3.05) is 6.61 Å². The van der Waals surface area contributed by atoms with Gasteiger partial charge in [0.15, 0.2) is 12.4 Å². The minimum Gasteiger partial charge on any atom is -0.457 e. The number of halogens is 1. The van der Waals surface area contributed by atoms with Crippen LogP contribution in [0.5, 0.6) is 0 Å². The lowest BCUT2D eigenvalue weighted by Gasteiger charge is -2.39. The summed E-state index contributed by atoms with van der Waals surface area (Å²) in [7, 11) is 0. The minimum absolute atomic E-state index is 0.0513. The molecule has 6 heteroatoms. The predicted molar refractivity (Wildman–Crippen MR) is 85.5 cm³/mol. The summed E-state index contributed by atoms with van der Waals surface area (Å²) >= 11 is 5.87. The van der Waals surface area contributed by atoms with Gasteiger partial charge in [-0.05, 0) is 37.5 Å². The Balaban J connectivity index is 2.07. The van der Waals surface area contributed by atoms with Crippen molar-refractivity contribution in [3.63, 3.8) is 0 Å². The molecule has 1 unspecified atom stereocenters. The van der Waals surface area contributed by atoms with Gasteiger partial charge in [-0.3, -0.25) is 9.59 Å². The first kappa shape index (κ1) is 17.2. The molecular formula is C17H17ClN2O3. The summed E-state index contributed by atoms with van der Waals surface area (Å²) in [5.41, 5.74) is 0.0440. The molecule has 1 N–H and O–H groups in total. The number of ketones is 1. The van der Waals surface area contributed by atoms with Crippen molar-refractivity contribution in [3.05, 3.63) is 34.9 Å². The molecule has 0 bridgehead atoms. The van der Waals surface area contributed by atoms with Crippen LogP contribution in [0, 0.1) is 22.7 Å². The average molecular weight is 333 g/mol. The predicted octanol–water partition coefficient (Wildman–Crippen LogP) is 3.05. The van der Waals surface area contributed by atoms with Gasteiger partial charge in [-0.1, -0.05) is 30.2 Å². The highest BCUT2D eigenvalue weighted by atomic mass is 35.5. The smallest absolute Gasteiger partial charge is 0.316 e. The zero-order valence-electron chi connectivity index (χ0n) is 12.8. The zero-order valence-corrected chi connectivity index (χ0v) is 13.5. The van der Waals surface area contributed by atoms with Crippen LogP contribution in [0.25, 0.3) is 0 Å². The molecule has 1 saturated carbocycles. The van der Waals surface area contributed by atoms with Crippen LogP contribution in [0.1, 0.15) is 31.7 Å². The molecule has 0 amide bonds. The van der Waals surface area contributed by atoms with E-state index in [1.54, 1.807) is 30.3 Å². The van der Waals surface area contributed by atoms with Crippen molar-refractivity contribution in [2.45, 2.75) is 31.6 Å². The van der Waals surface area contributed by atoms with Gasteiger partial charge in [-0.25, -0.2) is 0 Å². The Morgan fingerprint density at radius 3 is 2.43 bits per heavy atom. The summed E-state index contributed by atoms with van der Waals surface area (Å²) in [6.07, 6.45) is 2.23. The second-order valence-electron chi connectivity index (χ2n) is 5.73. The topological polar surface area (TPSA) is 91.0 Å². The van der Waals surface area contributed by atoms with Crippen LogP contribution in [-0.2, 0) is 19.7 Å². The van der Waals surface area contributed by atoms with E-state index in [1.165, 1.54) is 6.92 Å². The molecule has 5 nitrogen and oxygen atoms in total. The molecule has 1 aromatic rings. The van der Waals surface area contributed by atoms with E-state index < -0.39 is 29.7 Å². The highest BCUT2D eigenvalue weighted by molar-refractivity contribution is 6.30. The van der Waals surface area contributed by atoms with Crippen molar-refractivity contribution in [2.24, 2.45) is 5.92 Å². The summed E-state index contributed by atoms with van der Waals surface area (Å²) < 4.78 is 5.16. The number of carbonyl (C=O) groups is 2. The van der Waals surface area contributed by atoms with Crippen LogP contribution < -0.4 is 0 Å². The molecule has 0 radical (unpaired) electrons. The number of nitrogens with one attached hydrogen (secondary N) is 1. The molecule has 0 spiro atoms. The van der Waals surface area contributed by atoms with Crippen LogP contribution >= 0.6 is 11.6 Å². The van der Waals surface area contributed by atoms with E-state index in [-0.39, 0.29) is 5.71 Å². The Morgan fingerprint density at radius 1 is 1.39 bits per heavy atom. The molecule has 0 heterocycles. The normalized spacial score (nSPS) is 16.6. The molecule has 1 aliphatic carbocycles. The highest BCUT2D eigenvalue weighted by Gasteiger charge is 2.47. The van der Waals surface area contributed by atoms with Crippen molar-refractivity contribution < 1.29 is 14.3 Å². The van der Waals surface area contributed by atoms with Gasteiger partial charge in [0.2, 0.25) is 0 Å². The first-order chi connectivity index (χ1) is 10.9. The maximum atomic E-state index is 12.5. The maximum absolute atomic E-state index is 12.5. The standard InChI is InChI=1S/C17H17ClN2O3/c1-11(20)14(9-19)15(21)10-23-16(22)17(7-2-8-17)12-3-5-13(18)6-4-12/h3-6,14,20H,2,7-8,10H2,1H3. The largest absolute Gasteiger partial charge is 0.457 e. The fourth-order valence-corrected chi connectivity index (χ4v) is 2.80. The van der Waals surface area contributed by atoms with E-state index in [9.17, 15) is 9.59 Å². The fourth-order valence-electron chi connectivity index (χ4n) is 2.68. The Bertz CT molecular complexity index is 672.